The molecule has 0 aromatic rings. The van der Waals surface area contributed by atoms with Gasteiger partial charge in [0, 0.05) is 0 Å². The van der Waals surface area contributed by atoms with Crippen molar-refractivity contribution in [2.45, 2.75) is 47.5 Å². The Labute approximate surface area is 78.1 Å². The third-order valence-corrected chi connectivity index (χ3v) is 1.92. The quantitative estimate of drug-likeness (QED) is 0.538. The highest BCUT2D eigenvalue weighted by molar-refractivity contribution is 4.87. The van der Waals surface area contributed by atoms with Crippen molar-refractivity contribution in [3.8, 4) is 0 Å². The first-order chi connectivity index (χ1) is 5.52. The van der Waals surface area contributed by atoms with Gasteiger partial charge in [-0.15, -0.1) is 0 Å². The molecule has 0 nitrogen and oxygen atoms in total. The van der Waals surface area contributed by atoms with E-state index >= 15 is 0 Å². The lowest BCUT2D eigenvalue weighted by Gasteiger charge is -2.08. The summed E-state index contributed by atoms with van der Waals surface area (Å²) in [7, 11) is 0. The normalized spacial score (nSPS) is 14.9. The first-order valence-corrected chi connectivity index (χ1v) is 5.19. The summed E-state index contributed by atoms with van der Waals surface area (Å²) < 4.78 is 0. The summed E-state index contributed by atoms with van der Waals surface area (Å²) in [6.07, 6.45) is 7.23. The van der Waals surface area contributed by atoms with Crippen molar-refractivity contribution in [2.24, 2.45) is 17.8 Å². The zero-order valence-electron chi connectivity index (χ0n) is 9.30. The fourth-order valence-electron chi connectivity index (χ4n) is 1.41. The second-order valence-electron chi connectivity index (χ2n) is 4.66. The van der Waals surface area contributed by atoms with E-state index in [0.717, 1.165) is 17.8 Å². The van der Waals surface area contributed by atoms with Crippen molar-refractivity contribution in [3.05, 3.63) is 12.2 Å². The van der Waals surface area contributed by atoms with Crippen molar-refractivity contribution in [1.29, 1.82) is 0 Å². The number of allylic oxidation sites excluding steroid dienone is 2. The molecule has 0 fully saturated rings. The molecule has 0 aliphatic rings. The van der Waals surface area contributed by atoms with Crippen molar-refractivity contribution < 1.29 is 0 Å². The molecule has 0 heterocycles. The Bertz CT molecular complexity index is 120. The van der Waals surface area contributed by atoms with Crippen LogP contribution in [-0.4, -0.2) is 0 Å². The van der Waals surface area contributed by atoms with E-state index in [4.69, 9.17) is 0 Å². The fraction of sp³-hybridized carbons (Fsp3) is 0.833. The van der Waals surface area contributed by atoms with E-state index in [9.17, 15) is 0 Å². The molecule has 0 rings (SSSR count). The summed E-state index contributed by atoms with van der Waals surface area (Å²) in [4.78, 5) is 0. The maximum absolute atomic E-state index is 2.36. The molecule has 0 heteroatoms. The maximum Gasteiger partial charge on any atom is -0.0260 e. The summed E-state index contributed by atoms with van der Waals surface area (Å²) in [5, 5.41) is 0. The molecular weight excluding hydrogens is 144 g/mol. The van der Waals surface area contributed by atoms with Crippen LogP contribution in [0.5, 0.6) is 0 Å². The summed E-state index contributed by atoms with van der Waals surface area (Å²) >= 11 is 0. The average Bonchev–Trinajstić information content (AvgIpc) is 1.84. The molecule has 0 aliphatic carbocycles. The van der Waals surface area contributed by atoms with Crippen LogP contribution in [0.15, 0.2) is 12.2 Å². The average molecular weight is 168 g/mol. The number of hydrogen-bond acceptors (Lipinski definition) is 0. The molecule has 0 bridgehead atoms. The van der Waals surface area contributed by atoms with E-state index < -0.39 is 0 Å². The van der Waals surface area contributed by atoms with E-state index in [1.54, 1.807) is 0 Å². The van der Waals surface area contributed by atoms with Crippen LogP contribution >= 0.6 is 0 Å². The van der Waals surface area contributed by atoms with Gasteiger partial charge in [-0.1, -0.05) is 46.8 Å². The number of hydrogen-bond donors (Lipinski definition) is 0. The second-order valence-corrected chi connectivity index (χ2v) is 4.66. The van der Waals surface area contributed by atoms with Gasteiger partial charge in [-0.2, -0.15) is 0 Å². The summed E-state index contributed by atoms with van der Waals surface area (Å²) in [6, 6.07) is 0. The molecule has 12 heavy (non-hydrogen) atoms. The van der Waals surface area contributed by atoms with E-state index in [1.807, 2.05) is 0 Å². The first-order valence-electron chi connectivity index (χ1n) is 5.19. The Kier molecular flexibility index (Phi) is 6.14. The molecule has 0 saturated carbocycles. The van der Waals surface area contributed by atoms with Crippen LogP contribution in [0.1, 0.15) is 47.5 Å². The third-order valence-electron chi connectivity index (χ3n) is 1.92. The van der Waals surface area contributed by atoms with Crippen molar-refractivity contribution >= 4 is 0 Å². The van der Waals surface area contributed by atoms with Crippen LogP contribution < -0.4 is 0 Å². The van der Waals surface area contributed by atoms with Crippen LogP contribution in [0.25, 0.3) is 0 Å². The highest BCUT2D eigenvalue weighted by atomic mass is 14.1. The minimum absolute atomic E-state index is 0.753. The summed E-state index contributed by atoms with van der Waals surface area (Å²) in [5.74, 6) is 2.37. The third kappa shape index (κ3) is 7.84. The van der Waals surface area contributed by atoms with Crippen LogP contribution in [0.3, 0.4) is 0 Å². The Balaban J connectivity index is 3.53. The Morgan fingerprint density at radius 2 is 1.50 bits per heavy atom. The molecule has 0 aliphatic heterocycles. The van der Waals surface area contributed by atoms with E-state index in [1.165, 1.54) is 12.8 Å². The Morgan fingerprint density at radius 3 is 1.92 bits per heavy atom. The van der Waals surface area contributed by atoms with Crippen LogP contribution in [0.2, 0.25) is 0 Å². The van der Waals surface area contributed by atoms with Gasteiger partial charge in [-0.05, 0) is 30.6 Å². The van der Waals surface area contributed by atoms with Gasteiger partial charge in [-0.3, -0.25) is 0 Å². The first kappa shape index (κ1) is 11.7. The molecule has 1 unspecified atom stereocenters. The van der Waals surface area contributed by atoms with Crippen molar-refractivity contribution in [2.75, 3.05) is 0 Å². The molecule has 0 amide bonds. The lowest BCUT2D eigenvalue weighted by molar-refractivity contribution is 0.501. The van der Waals surface area contributed by atoms with Crippen LogP contribution in [0.4, 0.5) is 0 Å². The van der Waals surface area contributed by atoms with Gasteiger partial charge in [-0.25, -0.2) is 0 Å². The molecule has 0 saturated heterocycles. The van der Waals surface area contributed by atoms with Crippen LogP contribution in [-0.2, 0) is 0 Å². The lowest BCUT2D eigenvalue weighted by atomic mass is 9.98. The van der Waals surface area contributed by atoms with Gasteiger partial charge in [0.25, 0.3) is 0 Å². The van der Waals surface area contributed by atoms with E-state index in [2.05, 4.69) is 46.8 Å². The maximum atomic E-state index is 2.36. The second kappa shape index (κ2) is 6.28. The molecule has 0 aromatic heterocycles. The predicted octanol–water partition coefficient (Wildman–Crippen LogP) is 4.27. The SMILES string of the molecule is CC(C)CC=CC(C)CC(C)C. The van der Waals surface area contributed by atoms with Crippen molar-refractivity contribution in [1.82, 2.24) is 0 Å². The van der Waals surface area contributed by atoms with Crippen molar-refractivity contribution in [3.63, 3.8) is 0 Å². The molecule has 0 radical (unpaired) electrons. The molecule has 0 aromatic carbocycles. The molecular formula is C12H24. The van der Waals surface area contributed by atoms with E-state index in [0.29, 0.717) is 0 Å². The minimum Gasteiger partial charge on any atom is -0.0880 e. The summed E-state index contributed by atoms with van der Waals surface area (Å²) in [5.41, 5.74) is 0. The van der Waals surface area contributed by atoms with Gasteiger partial charge >= 0.3 is 0 Å². The smallest absolute Gasteiger partial charge is 0.0260 e. The number of rotatable bonds is 5. The van der Waals surface area contributed by atoms with E-state index in [-0.39, 0.29) is 0 Å². The van der Waals surface area contributed by atoms with Gasteiger partial charge in [0.05, 0.1) is 0 Å². The Hall–Kier alpha value is -0.260. The largest absolute Gasteiger partial charge is 0.0880 e. The van der Waals surface area contributed by atoms with Gasteiger partial charge in [0.15, 0.2) is 0 Å². The molecule has 0 N–H and O–H groups in total. The Morgan fingerprint density at radius 1 is 0.917 bits per heavy atom. The minimum atomic E-state index is 0.753. The lowest BCUT2D eigenvalue weighted by Crippen LogP contribution is -1.96. The highest BCUT2D eigenvalue weighted by Gasteiger charge is 2.00. The zero-order valence-corrected chi connectivity index (χ0v) is 9.30. The molecule has 72 valence electrons. The van der Waals surface area contributed by atoms with Crippen LogP contribution in [0, 0.1) is 17.8 Å². The summed E-state index contributed by atoms with van der Waals surface area (Å²) in [6.45, 7) is 11.4. The molecule has 1 atom stereocenters. The standard InChI is InChI=1S/C12H24/c1-10(2)7-6-8-12(5)9-11(3)4/h6,8,10-12H,7,9H2,1-5H3. The topological polar surface area (TPSA) is 0 Å². The predicted molar refractivity (Wildman–Crippen MR) is 57.2 cm³/mol. The van der Waals surface area contributed by atoms with Gasteiger partial charge < -0.3 is 0 Å². The fourth-order valence-corrected chi connectivity index (χ4v) is 1.41. The zero-order chi connectivity index (χ0) is 9.56. The monoisotopic (exact) mass is 168 g/mol. The van der Waals surface area contributed by atoms with Gasteiger partial charge in [0.1, 0.15) is 0 Å². The van der Waals surface area contributed by atoms with Gasteiger partial charge in [0.2, 0.25) is 0 Å². The highest BCUT2D eigenvalue weighted by Crippen LogP contribution is 2.13. The molecule has 0 spiro atoms.